The maximum Gasteiger partial charge on any atom is 0.310 e. The number of esters is 1. The molecule has 2 aliphatic rings. The lowest BCUT2D eigenvalue weighted by molar-refractivity contribution is -0.140. The van der Waals surface area contributed by atoms with E-state index in [-0.39, 0.29) is 11.4 Å². The van der Waals surface area contributed by atoms with Crippen LogP contribution in [0.4, 0.5) is 0 Å². The van der Waals surface area contributed by atoms with Gasteiger partial charge in [-0.3, -0.25) is 4.79 Å². The molecule has 1 aromatic carbocycles. The molecule has 1 fully saturated rings. The average Bonchev–Trinajstić information content (AvgIpc) is 3.03. The van der Waals surface area contributed by atoms with Gasteiger partial charge in [0.1, 0.15) is 5.76 Å². The molecule has 5 heteroatoms. The average molecular weight is 373 g/mol. The van der Waals surface area contributed by atoms with E-state index in [1.165, 1.54) is 5.56 Å². The highest BCUT2D eigenvalue weighted by atomic mass is 16.5. The molecule has 0 radical (unpaired) electrons. The van der Waals surface area contributed by atoms with Crippen molar-refractivity contribution in [3.05, 3.63) is 35.6 Å². The van der Waals surface area contributed by atoms with Crippen LogP contribution in [0, 0.1) is 0 Å². The van der Waals surface area contributed by atoms with Crippen molar-refractivity contribution in [1.29, 1.82) is 0 Å². The zero-order valence-electron chi connectivity index (χ0n) is 16.9. The van der Waals surface area contributed by atoms with Crippen molar-refractivity contribution < 1.29 is 19.0 Å². The third kappa shape index (κ3) is 3.84. The molecule has 2 atom stereocenters. The molecular formula is C22H31NO4. The molecule has 1 saturated heterocycles. The van der Waals surface area contributed by atoms with Crippen LogP contribution in [-0.2, 0) is 14.9 Å². The van der Waals surface area contributed by atoms with Gasteiger partial charge in [0.05, 0.1) is 14.2 Å². The molecule has 2 unspecified atom stereocenters. The highest BCUT2D eigenvalue weighted by Gasteiger charge is 2.49. The van der Waals surface area contributed by atoms with Crippen molar-refractivity contribution in [1.82, 2.24) is 4.90 Å². The second-order valence-corrected chi connectivity index (χ2v) is 7.63. The Labute approximate surface area is 162 Å². The van der Waals surface area contributed by atoms with Gasteiger partial charge in [-0.25, -0.2) is 0 Å². The lowest BCUT2D eigenvalue weighted by Crippen LogP contribution is -2.43. The van der Waals surface area contributed by atoms with Crippen LogP contribution in [0.1, 0.15) is 51.0 Å². The zero-order valence-corrected chi connectivity index (χ0v) is 16.9. The van der Waals surface area contributed by atoms with E-state index in [0.29, 0.717) is 12.5 Å². The number of unbranched alkanes of at least 4 members (excludes halogenated alkanes) is 1. The summed E-state index contributed by atoms with van der Waals surface area (Å²) in [5, 5.41) is 0. The molecule has 3 rings (SSSR count). The van der Waals surface area contributed by atoms with E-state index in [1.54, 1.807) is 14.2 Å². The molecule has 1 heterocycles. The maximum atomic E-state index is 12.0. The summed E-state index contributed by atoms with van der Waals surface area (Å²) in [5.74, 6) is 2.23. The summed E-state index contributed by atoms with van der Waals surface area (Å²) < 4.78 is 16.6. The van der Waals surface area contributed by atoms with Crippen LogP contribution in [-0.4, -0.2) is 44.7 Å². The molecular weight excluding hydrogens is 342 g/mol. The predicted octanol–water partition coefficient (Wildman–Crippen LogP) is 4.06. The fourth-order valence-corrected chi connectivity index (χ4v) is 4.48. The van der Waals surface area contributed by atoms with Crippen molar-refractivity contribution >= 4 is 5.97 Å². The van der Waals surface area contributed by atoms with Gasteiger partial charge in [-0.15, -0.1) is 0 Å². The van der Waals surface area contributed by atoms with E-state index in [1.807, 2.05) is 6.07 Å². The van der Waals surface area contributed by atoms with Crippen LogP contribution >= 0.6 is 0 Å². The van der Waals surface area contributed by atoms with E-state index in [2.05, 4.69) is 37.1 Å². The largest absolute Gasteiger partial charge is 0.493 e. The van der Waals surface area contributed by atoms with Crippen LogP contribution in [0.5, 0.6) is 11.5 Å². The normalized spacial score (nSPS) is 24.9. The quantitative estimate of drug-likeness (QED) is 0.675. The van der Waals surface area contributed by atoms with Gasteiger partial charge in [-0.05, 0) is 56.6 Å². The lowest BCUT2D eigenvalue weighted by Gasteiger charge is -2.40. The minimum absolute atomic E-state index is 0.0215. The summed E-state index contributed by atoms with van der Waals surface area (Å²) in [7, 11) is 5.49. The van der Waals surface area contributed by atoms with E-state index in [0.717, 1.165) is 55.9 Å². The Bertz CT molecular complexity index is 714. The van der Waals surface area contributed by atoms with Gasteiger partial charge in [0.15, 0.2) is 11.5 Å². The first-order chi connectivity index (χ1) is 13.0. The number of allylic oxidation sites excluding steroid dienone is 1. The van der Waals surface area contributed by atoms with E-state index in [9.17, 15) is 4.79 Å². The number of rotatable bonds is 7. The zero-order chi connectivity index (χ0) is 19.4. The van der Waals surface area contributed by atoms with Crippen molar-refractivity contribution in [2.75, 3.05) is 27.8 Å². The van der Waals surface area contributed by atoms with Gasteiger partial charge < -0.3 is 19.1 Å². The number of fused-ring (bicyclic) bond motifs is 1. The highest BCUT2D eigenvalue weighted by molar-refractivity contribution is 5.70. The SMILES string of the molecule is CCCCC(=O)OC1=CCC2(c3ccc(OC)c(OC)c3)CCN(C)C2C1. The Kier molecular flexibility index (Phi) is 6.10. The van der Waals surface area contributed by atoms with Gasteiger partial charge in [0.2, 0.25) is 0 Å². The molecule has 0 saturated carbocycles. The highest BCUT2D eigenvalue weighted by Crippen LogP contribution is 2.49. The van der Waals surface area contributed by atoms with E-state index in [4.69, 9.17) is 14.2 Å². The van der Waals surface area contributed by atoms with Crippen molar-refractivity contribution in [2.45, 2.75) is 56.9 Å². The lowest BCUT2D eigenvalue weighted by atomic mass is 9.68. The second kappa shape index (κ2) is 8.34. The number of methoxy groups -OCH3 is 2. The maximum absolute atomic E-state index is 12.0. The van der Waals surface area contributed by atoms with Crippen molar-refractivity contribution in [2.24, 2.45) is 0 Å². The van der Waals surface area contributed by atoms with Gasteiger partial charge in [-0.2, -0.15) is 0 Å². The molecule has 0 bridgehead atoms. The first-order valence-corrected chi connectivity index (χ1v) is 9.86. The van der Waals surface area contributed by atoms with Crippen LogP contribution in [0.3, 0.4) is 0 Å². The van der Waals surface area contributed by atoms with Gasteiger partial charge in [0, 0.05) is 24.3 Å². The van der Waals surface area contributed by atoms with Gasteiger partial charge in [0.25, 0.3) is 0 Å². The summed E-state index contributed by atoms with van der Waals surface area (Å²) in [6.07, 6.45) is 7.21. The van der Waals surface area contributed by atoms with Crippen molar-refractivity contribution in [3.8, 4) is 11.5 Å². The molecule has 148 valence electrons. The van der Waals surface area contributed by atoms with Gasteiger partial charge >= 0.3 is 5.97 Å². The fraction of sp³-hybridized carbons (Fsp3) is 0.591. The summed E-state index contributed by atoms with van der Waals surface area (Å²) in [4.78, 5) is 14.4. The number of carbonyl (C=O) groups is 1. The number of hydrogen-bond donors (Lipinski definition) is 0. The fourth-order valence-electron chi connectivity index (χ4n) is 4.48. The van der Waals surface area contributed by atoms with Crippen LogP contribution in [0.15, 0.2) is 30.0 Å². The summed E-state index contributed by atoms with van der Waals surface area (Å²) in [5.41, 5.74) is 1.29. The second-order valence-electron chi connectivity index (χ2n) is 7.63. The predicted molar refractivity (Wildman–Crippen MR) is 105 cm³/mol. The number of likely N-dealkylation sites (tertiary alicyclic amines) is 1. The molecule has 5 nitrogen and oxygen atoms in total. The standard InChI is InChI=1S/C22H31NO4/c1-5-6-7-21(24)27-17-10-11-22(12-13-23(2)20(22)15-17)16-8-9-18(25-3)19(14-16)26-4/h8-10,14,20H,5-7,11-13,15H2,1-4H3. The number of benzene rings is 1. The number of ether oxygens (including phenoxy) is 3. The first-order valence-electron chi connectivity index (χ1n) is 9.86. The minimum Gasteiger partial charge on any atom is -0.493 e. The summed E-state index contributed by atoms with van der Waals surface area (Å²) in [6.45, 7) is 3.11. The Morgan fingerprint density at radius 1 is 1.26 bits per heavy atom. The number of carbonyl (C=O) groups excluding carboxylic acids is 1. The number of hydrogen-bond acceptors (Lipinski definition) is 5. The molecule has 1 aliphatic heterocycles. The Morgan fingerprint density at radius 3 is 2.74 bits per heavy atom. The minimum atomic E-state index is -0.109. The Balaban J connectivity index is 1.85. The molecule has 27 heavy (non-hydrogen) atoms. The molecule has 0 amide bonds. The summed E-state index contributed by atoms with van der Waals surface area (Å²) >= 11 is 0. The molecule has 0 N–H and O–H groups in total. The van der Waals surface area contributed by atoms with Gasteiger partial charge in [-0.1, -0.05) is 19.4 Å². The molecule has 1 aliphatic carbocycles. The summed E-state index contributed by atoms with van der Waals surface area (Å²) in [6, 6.07) is 6.56. The molecule has 1 aromatic rings. The number of likely N-dealkylation sites (N-methyl/N-ethyl adjacent to an activating group) is 1. The first kappa shape index (κ1) is 19.7. The van der Waals surface area contributed by atoms with E-state index < -0.39 is 0 Å². The Hall–Kier alpha value is -2.01. The molecule has 0 spiro atoms. The van der Waals surface area contributed by atoms with E-state index >= 15 is 0 Å². The van der Waals surface area contributed by atoms with Crippen LogP contribution < -0.4 is 9.47 Å². The third-order valence-electron chi connectivity index (χ3n) is 6.11. The smallest absolute Gasteiger partial charge is 0.310 e. The van der Waals surface area contributed by atoms with Crippen LogP contribution in [0.2, 0.25) is 0 Å². The van der Waals surface area contributed by atoms with Crippen molar-refractivity contribution in [3.63, 3.8) is 0 Å². The number of nitrogens with zero attached hydrogens (tertiary/aromatic N) is 1. The third-order valence-corrected chi connectivity index (χ3v) is 6.11. The Morgan fingerprint density at radius 2 is 2.04 bits per heavy atom. The topological polar surface area (TPSA) is 48.0 Å². The van der Waals surface area contributed by atoms with Crippen LogP contribution in [0.25, 0.3) is 0 Å². The molecule has 0 aromatic heterocycles. The monoisotopic (exact) mass is 373 g/mol.